The Balaban J connectivity index is 1.79. The van der Waals surface area contributed by atoms with Crippen LogP contribution in [0.15, 0.2) is 28.6 Å². The number of hydrogen-bond acceptors (Lipinski definition) is 6. The highest BCUT2D eigenvalue weighted by atomic mass is 32.2. The average molecular weight is 365 g/mol. The zero-order chi connectivity index (χ0) is 17.4. The molecule has 2 rings (SSSR count). The molecular formula is C17H24N4OS2. The van der Waals surface area contributed by atoms with E-state index in [1.165, 1.54) is 28.7 Å². The first-order valence-corrected chi connectivity index (χ1v) is 10.0. The molecule has 1 atom stereocenters. The SMILES string of the molecule is CCCNc1nnc(SCC(=O)Nc2ccc([C@@H](C)CC)cc2)s1. The van der Waals surface area contributed by atoms with Gasteiger partial charge in [0.2, 0.25) is 11.0 Å². The van der Waals surface area contributed by atoms with E-state index < -0.39 is 0 Å². The Labute approximate surface area is 151 Å². The van der Waals surface area contributed by atoms with E-state index in [1.807, 2.05) is 12.1 Å². The number of nitrogens with one attached hydrogen (secondary N) is 2. The number of amides is 1. The van der Waals surface area contributed by atoms with Gasteiger partial charge >= 0.3 is 0 Å². The molecule has 5 nitrogen and oxygen atoms in total. The molecule has 24 heavy (non-hydrogen) atoms. The van der Waals surface area contributed by atoms with E-state index in [9.17, 15) is 4.79 Å². The largest absolute Gasteiger partial charge is 0.360 e. The predicted octanol–water partition coefficient (Wildman–Crippen LogP) is 4.60. The monoisotopic (exact) mass is 364 g/mol. The van der Waals surface area contributed by atoms with Gasteiger partial charge in [0.25, 0.3) is 0 Å². The van der Waals surface area contributed by atoms with Crippen LogP contribution in [0.5, 0.6) is 0 Å². The van der Waals surface area contributed by atoms with Crippen LogP contribution in [-0.4, -0.2) is 28.4 Å². The van der Waals surface area contributed by atoms with Gasteiger partial charge in [-0.25, -0.2) is 0 Å². The van der Waals surface area contributed by atoms with E-state index in [4.69, 9.17) is 0 Å². The number of benzene rings is 1. The standard InChI is InChI=1S/C17H24N4OS2/c1-4-10-18-16-20-21-17(24-16)23-11-15(22)19-14-8-6-13(7-9-14)12(3)5-2/h6-9,12H,4-5,10-11H2,1-3H3,(H,18,20)(H,19,22)/t12-/m0/s1. The summed E-state index contributed by atoms with van der Waals surface area (Å²) >= 11 is 2.88. The molecule has 0 saturated carbocycles. The van der Waals surface area contributed by atoms with E-state index in [0.717, 1.165) is 34.5 Å². The molecule has 0 aliphatic heterocycles. The van der Waals surface area contributed by atoms with E-state index in [2.05, 4.69) is 53.7 Å². The van der Waals surface area contributed by atoms with Crippen LogP contribution in [0.4, 0.5) is 10.8 Å². The number of rotatable bonds is 9. The Kier molecular flexibility index (Phi) is 7.52. The van der Waals surface area contributed by atoms with Crippen molar-refractivity contribution < 1.29 is 4.79 Å². The third kappa shape index (κ3) is 5.79. The second kappa shape index (κ2) is 9.64. The maximum atomic E-state index is 12.0. The molecule has 1 aromatic heterocycles. The highest BCUT2D eigenvalue weighted by Gasteiger charge is 2.09. The van der Waals surface area contributed by atoms with Gasteiger partial charge in [-0.1, -0.05) is 56.0 Å². The van der Waals surface area contributed by atoms with Crippen LogP contribution in [0, 0.1) is 0 Å². The Morgan fingerprint density at radius 3 is 2.67 bits per heavy atom. The van der Waals surface area contributed by atoms with Crippen molar-refractivity contribution >= 4 is 39.8 Å². The van der Waals surface area contributed by atoms with E-state index in [-0.39, 0.29) is 5.91 Å². The van der Waals surface area contributed by atoms with Gasteiger partial charge in [0.1, 0.15) is 0 Å². The van der Waals surface area contributed by atoms with Gasteiger partial charge in [-0.2, -0.15) is 0 Å². The highest BCUT2D eigenvalue weighted by Crippen LogP contribution is 2.25. The number of hydrogen-bond donors (Lipinski definition) is 2. The van der Waals surface area contributed by atoms with Crippen LogP contribution >= 0.6 is 23.1 Å². The lowest BCUT2D eigenvalue weighted by molar-refractivity contribution is -0.113. The van der Waals surface area contributed by atoms with E-state index >= 15 is 0 Å². The summed E-state index contributed by atoms with van der Waals surface area (Å²) in [5, 5.41) is 15.0. The molecular weight excluding hydrogens is 340 g/mol. The maximum absolute atomic E-state index is 12.0. The number of nitrogens with zero attached hydrogens (tertiary/aromatic N) is 2. The Bertz CT molecular complexity index is 642. The summed E-state index contributed by atoms with van der Waals surface area (Å²) in [7, 11) is 0. The lowest BCUT2D eigenvalue weighted by Gasteiger charge is -2.10. The van der Waals surface area contributed by atoms with Gasteiger partial charge in [-0.3, -0.25) is 4.79 Å². The average Bonchev–Trinajstić information content (AvgIpc) is 3.06. The molecule has 0 radical (unpaired) electrons. The lowest BCUT2D eigenvalue weighted by Crippen LogP contribution is -2.13. The first-order chi connectivity index (χ1) is 11.6. The molecule has 0 fully saturated rings. The van der Waals surface area contributed by atoms with Crippen LogP contribution in [0.2, 0.25) is 0 Å². The summed E-state index contributed by atoms with van der Waals surface area (Å²) in [5.41, 5.74) is 2.13. The van der Waals surface area contributed by atoms with Crippen LogP contribution in [0.25, 0.3) is 0 Å². The number of anilines is 2. The summed E-state index contributed by atoms with van der Waals surface area (Å²) in [6, 6.07) is 8.07. The molecule has 130 valence electrons. The van der Waals surface area contributed by atoms with Crippen LogP contribution in [-0.2, 0) is 4.79 Å². The first-order valence-electron chi connectivity index (χ1n) is 8.22. The minimum atomic E-state index is -0.0328. The topological polar surface area (TPSA) is 66.9 Å². The molecule has 1 aromatic carbocycles. The summed E-state index contributed by atoms with van der Waals surface area (Å²) in [5.74, 6) is 0.836. The summed E-state index contributed by atoms with van der Waals surface area (Å²) in [6.45, 7) is 7.36. The van der Waals surface area contributed by atoms with Gasteiger partial charge in [0.05, 0.1) is 5.75 Å². The van der Waals surface area contributed by atoms with E-state index in [0.29, 0.717) is 11.7 Å². The van der Waals surface area contributed by atoms with Gasteiger partial charge in [-0.15, -0.1) is 10.2 Å². The zero-order valence-electron chi connectivity index (χ0n) is 14.3. The highest BCUT2D eigenvalue weighted by molar-refractivity contribution is 8.01. The van der Waals surface area contributed by atoms with Crippen molar-refractivity contribution in [1.82, 2.24) is 10.2 Å². The molecule has 0 aliphatic rings. The number of carbonyl (C=O) groups is 1. The van der Waals surface area contributed by atoms with Crippen molar-refractivity contribution in [3.05, 3.63) is 29.8 Å². The van der Waals surface area contributed by atoms with Crippen molar-refractivity contribution in [2.45, 2.75) is 43.9 Å². The van der Waals surface area contributed by atoms with Crippen molar-refractivity contribution in [2.75, 3.05) is 22.9 Å². The minimum Gasteiger partial charge on any atom is -0.360 e. The van der Waals surface area contributed by atoms with E-state index in [1.54, 1.807) is 0 Å². The summed E-state index contributed by atoms with van der Waals surface area (Å²) in [4.78, 5) is 12.0. The Morgan fingerprint density at radius 2 is 2.00 bits per heavy atom. The van der Waals surface area contributed by atoms with Crippen LogP contribution in [0.3, 0.4) is 0 Å². The third-order valence-electron chi connectivity index (χ3n) is 3.64. The predicted molar refractivity (Wildman–Crippen MR) is 103 cm³/mol. The third-order valence-corrected chi connectivity index (χ3v) is 5.65. The van der Waals surface area contributed by atoms with Gasteiger partial charge in [0, 0.05) is 12.2 Å². The van der Waals surface area contributed by atoms with Gasteiger partial charge < -0.3 is 10.6 Å². The number of aromatic nitrogens is 2. The normalized spacial score (nSPS) is 12.0. The smallest absolute Gasteiger partial charge is 0.234 e. The van der Waals surface area contributed by atoms with Crippen LogP contribution in [0.1, 0.15) is 45.1 Å². The fourth-order valence-corrected chi connectivity index (χ4v) is 3.60. The molecule has 0 bridgehead atoms. The molecule has 2 aromatic rings. The maximum Gasteiger partial charge on any atom is 0.234 e. The van der Waals surface area contributed by atoms with Gasteiger partial charge in [-0.05, 0) is 36.5 Å². The molecule has 7 heteroatoms. The molecule has 1 heterocycles. The Morgan fingerprint density at radius 1 is 1.25 bits per heavy atom. The number of thioether (sulfide) groups is 1. The fraction of sp³-hybridized carbons (Fsp3) is 0.471. The van der Waals surface area contributed by atoms with Crippen molar-refractivity contribution in [3.63, 3.8) is 0 Å². The fourth-order valence-electron chi connectivity index (χ4n) is 2.03. The molecule has 0 saturated heterocycles. The first kappa shape index (κ1) is 18.7. The zero-order valence-corrected chi connectivity index (χ0v) is 16.0. The molecule has 1 amide bonds. The van der Waals surface area contributed by atoms with Crippen molar-refractivity contribution in [2.24, 2.45) is 0 Å². The van der Waals surface area contributed by atoms with Crippen molar-refractivity contribution in [1.29, 1.82) is 0 Å². The molecule has 0 aliphatic carbocycles. The summed E-state index contributed by atoms with van der Waals surface area (Å²) < 4.78 is 0.802. The minimum absolute atomic E-state index is 0.0328. The quantitative estimate of drug-likeness (QED) is 0.636. The second-order valence-electron chi connectivity index (χ2n) is 5.57. The molecule has 2 N–H and O–H groups in total. The van der Waals surface area contributed by atoms with Crippen molar-refractivity contribution in [3.8, 4) is 0 Å². The molecule has 0 spiro atoms. The summed E-state index contributed by atoms with van der Waals surface area (Å²) in [6.07, 6.45) is 2.15. The Hall–Kier alpha value is -1.60. The van der Waals surface area contributed by atoms with Gasteiger partial charge in [0.15, 0.2) is 4.34 Å². The second-order valence-corrected chi connectivity index (χ2v) is 7.77. The molecule has 0 unspecified atom stereocenters. The lowest BCUT2D eigenvalue weighted by atomic mass is 9.99. The number of carbonyl (C=O) groups excluding carboxylic acids is 1. The van der Waals surface area contributed by atoms with Crippen LogP contribution < -0.4 is 10.6 Å².